The van der Waals surface area contributed by atoms with Gasteiger partial charge < -0.3 is 116 Å². The zero-order valence-corrected chi connectivity index (χ0v) is 61.2. The monoisotopic (exact) mass is 1540 g/mol. The number of carboxylic acid groups (broad SMARTS) is 1. The molecule has 39 nitrogen and oxygen atoms in total. The number of fused-ring (bicyclic) bond motifs is 5. The van der Waals surface area contributed by atoms with E-state index in [1.807, 2.05) is 0 Å². The highest BCUT2D eigenvalue weighted by Crippen LogP contribution is 2.35. The number of aliphatic hydroxyl groups is 3. The van der Waals surface area contributed by atoms with Crippen molar-refractivity contribution in [1.29, 1.82) is 0 Å². The van der Waals surface area contributed by atoms with Crippen molar-refractivity contribution in [3.05, 3.63) is 53.1 Å². The summed E-state index contributed by atoms with van der Waals surface area (Å²) in [4.78, 5) is 207. The molecular formula is C68H91N11O28S. The largest absolute Gasteiger partial charge is 0.494 e. The quantitative estimate of drug-likeness (QED) is 0.0234. The van der Waals surface area contributed by atoms with Crippen LogP contribution in [-0.2, 0) is 115 Å². The smallest absolute Gasteiger partial charge is 0.409 e. The maximum absolute atomic E-state index is 15.2. The zero-order valence-electron chi connectivity index (χ0n) is 60.4. The van der Waals surface area contributed by atoms with E-state index in [0.717, 1.165) is 38.8 Å². The SMILES string of the molecule is CC[C@H](C)[C@@H]1NC(=O)CNC(=O)[C@@H]2Cc3c([nH]c4cc(OCCCCCCN(C)C(=O)OCc5ccc(O[C@@H]6O[C@H](C(=O)OC)[C@@H](OC(C)=O)[C@H](OC(C)=O)[C@H]6OC(C)=O)c(C(=O)O)c5)ccc34)S(=O)C[C@H](NC(=O)CNC1=O)C(=O)NC(CC(N)=O)C(=O)N1C[C@H](O)C[C@H]1C(=O)N[C@@H]([C@@H](C)[C@@H](O)CO)C(=O)N2. The highest BCUT2D eigenvalue weighted by Gasteiger charge is 2.56. The molecule has 40 heteroatoms. The van der Waals surface area contributed by atoms with Crippen molar-refractivity contribution in [3.63, 3.8) is 0 Å². The molecule has 5 heterocycles. The van der Waals surface area contributed by atoms with Crippen LogP contribution in [0.5, 0.6) is 11.5 Å². The van der Waals surface area contributed by atoms with E-state index in [0.29, 0.717) is 32.1 Å². The van der Waals surface area contributed by atoms with Gasteiger partial charge in [-0.3, -0.25) is 61.7 Å². The molecule has 16 atom stereocenters. The number of aromatic carboxylic acids is 1. The number of amides is 10. The maximum atomic E-state index is 15.2. The number of aliphatic hydroxyl groups excluding tert-OH is 3. The molecule has 14 N–H and O–H groups in total. The van der Waals surface area contributed by atoms with E-state index in [4.69, 9.17) is 43.6 Å². The number of aromatic nitrogens is 1. The van der Waals surface area contributed by atoms with Gasteiger partial charge in [-0.2, -0.15) is 0 Å². The summed E-state index contributed by atoms with van der Waals surface area (Å²) < 4.78 is 59.2. The Morgan fingerprint density at radius 1 is 0.769 bits per heavy atom. The van der Waals surface area contributed by atoms with Crippen LogP contribution in [0.3, 0.4) is 0 Å². The molecule has 0 spiro atoms. The number of nitrogens with zero attached hydrogens (tertiary/aromatic N) is 2. The molecule has 2 unspecified atom stereocenters. The number of aromatic amines is 1. The van der Waals surface area contributed by atoms with Gasteiger partial charge in [0.1, 0.15) is 64.9 Å². The minimum atomic E-state index is -2.48. The lowest BCUT2D eigenvalue weighted by molar-refractivity contribution is -0.282. The Morgan fingerprint density at radius 3 is 2.07 bits per heavy atom. The Balaban J connectivity index is 1.09. The van der Waals surface area contributed by atoms with Crippen LogP contribution in [0.1, 0.15) is 108 Å². The van der Waals surface area contributed by atoms with Gasteiger partial charge in [0, 0.05) is 71.1 Å². The minimum absolute atomic E-state index is 0.0541. The molecule has 1 aromatic heterocycles. The van der Waals surface area contributed by atoms with Gasteiger partial charge in [0.2, 0.25) is 65.6 Å². The Bertz CT molecular complexity index is 3910. The van der Waals surface area contributed by atoms with Gasteiger partial charge in [0.25, 0.3) is 0 Å². The molecule has 3 aromatic rings. The Kier molecular flexibility index (Phi) is 30.4. The van der Waals surface area contributed by atoms with Crippen molar-refractivity contribution in [2.75, 3.05) is 59.3 Å². The van der Waals surface area contributed by atoms with Gasteiger partial charge in [-0.05, 0) is 54.2 Å². The first-order valence-corrected chi connectivity index (χ1v) is 35.9. The number of esters is 4. The highest BCUT2D eigenvalue weighted by molar-refractivity contribution is 7.85. The van der Waals surface area contributed by atoms with Crippen molar-refractivity contribution in [1.82, 2.24) is 52.0 Å². The number of benzene rings is 2. The topological polar surface area (TPSA) is 560 Å². The van der Waals surface area contributed by atoms with E-state index < -0.39 is 260 Å². The molecule has 2 aromatic carbocycles. The fourth-order valence-corrected chi connectivity index (χ4v) is 13.8. The van der Waals surface area contributed by atoms with Crippen LogP contribution < -0.4 is 52.4 Å². The summed E-state index contributed by atoms with van der Waals surface area (Å²) in [6, 6.07) is -2.13. The molecule has 2 fully saturated rings. The summed E-state index contributed by atoms with van der Waals surface area (Å²) in [5.41, 5.74) is 5.52. The third kappa shape index (κ3) is 22.5. The van der Waals surface area contributed by atoms with Gasteiger partial charge in [-0.1, -0.05) is 46.1 Å². The van der Waals surface area contributed by atoms with E-state index in [1.165, 1.54) is 49.2 Å². The lowest BCUT2D eigenvalue weighted by atomic mass is 9.93. The number of rotatable bonds is 24. The average Bonchev–Trinajstić information content (AvgIpc) is 1.53. The second kappa shape index (κ2) is 38.8. The van der Waals surface area contributed by atoms with Crippen LogP contribution in [-0.4, -0.2) is 267 Å². The summed E-state index contributed by atoms with van der Waals surface area (Å²) in [6.07, 6.45) is -12.3. The number of unbranched alkanes of at least 4 members (excludes halogenated alkanes) is 3. The van der Waals surface area contributed by atoms with Crippen molar-refractivity contribution < 1.29 is 134 Å². The number of H-pyrrole nitrogens is 1. The first-order chi connectivity index (χ1) is 51.1. The lowest BCUT2D eigenvalue weighted by Crippen LogP contribution is -2.64. The van der Waals surface area contributed by atoms with Crippen LogP contribution in [0, 0.1) is 11.8 Å². The molecule has 0 radical (unpaired) electrons. The van der Waals surface area contributed by atoms with E-state index in [1.54, 1.807) is 13.8 Å². The second-order valence-electron chi connectivity index (χ2n) is 26.3. The number of carbonyl (C=O) groups is 15. The lowest BCUT2D eigenvalue weighted by Gasteiger charge is -2.43. The third-order valence-corrected chi connectivity index (χ3v) is 19.6. The Labute approximate surface area is 620 Å². The van der Waals surface area contributed by atoms with Crippen molar-refractivity contribution >= 4 is 111 Å². The predicted octanol–water partition coefficient (Wildman–Crippen LogP) is -3.65. The first-order valence-electron chi connectivity index (χ1n) is 34.6. The molecule has 0 saturated carbocycles. The normalized spacial score (nSPS) is 25.5. The average molecular weight is 1540 g/mol. The fraction of sp³-hybridized carbons (Fsp3) is 0.574. The summed E-state index contributed by atoms with van der Waals surface area (Å²) in [6.45, 7) is 4.38. The molecule has 108 heavy (non-hydrogen) atoms. The number of nitrogens with one attached hydrogen (secondary N) is 8. The number of nitrogens with two attached hydrogens (primary N) is 1. The molecule has 10 amide bonds. The van der Waals surface area contributed by atoms with Gasteiger partial charge in [-0.25, -0.2) is 14.4 Å². The summed E-state index contributed by atoms with van der Waals surface area (Å²) in [7, 11) is -0.0146. The Hall–Kier alpha value is -10.6. The summed E-state index contributed by atoms with van der Waals surface area (Å²) >= 11 is 0. The molecule has 592 valence electrons. The van der Waals surface area contributed by atoms with Crippen LogP contribution in [0.25, 0.3) is 10.9 Å². The standard InChI is InChI=1S/C68H91N11O28S/c1-9-31(2)52-61(92)71-25-50(87)72-45-30-108(99)63-40(23-43(58(89)70-26-51(88)76-52)73-62(93)53(32(3)47(85)28-80)77-60(91)46-21-37(84)27-79(46)64(94)44(24-49(69)86)74-59(45)90)39-16-15-38(22-42(39)75-63)101-19-13-11-10-12-18-78(7)68(98)102-29-36-14-17-48(41(20-36)65(95)96)106-67-57(105-35(6)83)55(104-34(5)82)54(103-33(4)81)56(107-67)66(97)100-8/h14-17,20,22,31-32,37,43-47,52-57,67,75,80,84-85H,9-13,18-19,21,23-30H2,1-8H3,(H2,69,86)(H,70,89)(H,71,92)(H,72,87)(H,73,93)(H,74,90)(H,76,88)(H,77,91)(H,95,96)/t31-,32-,37+,43-,44?,45-,46-,47-,52-,53-,54-,55-,56-,57+,67+,108?/m0/s1. The highest BCUT2D eigenvalue weighted by atomic mass is 32.2. The number of methoxy groups -OCH3 is 1. The molecule has 2 saturated heterocycles. The van der Waals surface area contributed by atoms with Gasteiger partial charge >= 0.3 is 35.9 Å². The first kappa shape index (κ1) is 84.7. The van der Waals surface area contributed by atoms with E-state index >= 15 is 4.21 Å². The van der Waals surface area contributed by atoms with Crippen molar-refractivity contribution in [3.8, 4) is 11.5 Å². The number of carbonyl (C=O) groups excluding carboxylic acids is 14. The van der Waals surface area contributed by atoms with Crippen LogP contribution in [0.15, 0.2) is 41.4 Å². The van der Waals surface area contributed by atoms with Crippen LogP contribution in [0.2, 0.25) is 0 Å². The van der Waals surface area contributed by atoms with Crippen molar-refractivity contribution in [2.24, 2.45) is 17.6 Å². The van der Waals surface area contributed by atoms with E-state index in [-0.39, 0.29) is 46.0 Å². The molecule has 4 aliphatic rings. The van der Waals surface area contributed by atoms with Gasteiger partial charge in [-0.15, -0.1) is 0 Å². The van der Waals surface area contributed by atoms with Gasteiger partial charge in [0.05, 0.1) is 74.1 Å². The van der Waals surface area contributed by atoms with E-state index in [9.17, 15) is 92.3 Å². The number of hydrogen-bond donors (Lipinski definition) is 13. The molecular weight excluding hydrogens is 1450 g/mol. The van der Waals surface area contributed by atoms with Crippen molar-refractivity contribution in [2.45, 2.75) is 184 Å². The van der Waals surface area contributed by atoms with Crippen LogP contribution >= 0.6 is 0 Å². The van der Waals surface area contributed by atoms with Crippen LogP contribution in [0.4, 0.5) is 4.79 Å². The number of hydrogen-bond acceptors (Lipinski definition) is 27. The molecule has 2 bridgehead atoms. The second-order valence-corrected chi connectivity index (χ2v) is 27.7. The zero-order chi connectivity index (χ0) is 79.5. The Morgan fingerprint density at radius 2 is 1.43 bits per heavy atom. The number of primary amides is 1. The minimum Gasteiger partial charge on any atom is -0.494 e. The number of ether oxygens (including phenoxy) is 8. The van der Waals surface area contributed by atoms with E-state index in [2.05, 4.69) is 42.2 Å². The maximum Gasteiger partial charge on any atom is 0.409 e. The molecule has 0 aliphatic carbocycles. The summed E-state index contributed by atoms with van der Waals surface area (Å²) in [5.74, 6) is -18.0. The predicted molar refractivity (Wildman–Crippen MR) is 369 cm³/mol. The summed E-state index contributed by atoms with van der Waals surface area (Å²) in [5, 5.41) is 59.5. The number of carboxylic acids is 1. The molecule has 4 aliphatic heterocycles. The van der Waals surface area contributed by atoms with Gasteiger partial charge in [0.15, 0.2) is 18.3 Å². The fourth-order valence-electron chi connectivity index (χ4n) is 12.4. The molecule has 7 rings (SSSR count). The third-order valence-electron chi connectivity index (χ3n) is 18.2.